The molecule has 0 radical (unpaired) electrons. The summed E-state index contributed by atoms with van der Waals surface area (Å²) < 4.78 is 5.26. The Balaban J connectivity index is 1.87. The minimum atomic E-state index is 0.534. The van der Waals surface area contributed by atoms with E-state index in [1.54, 1.807) is 0 Å². The number of likely N-dealkylation sites (N-methyl/N-ethyl adjacent to an activating group) is 1. The molecule has 1 heterocycles. The highest BCUT2D eigenvalue weighted by Crippen LogP contribution is 2.36. The van der Waals surface area contributed by atoms with Crippen LogP contribution >= 0.6 is 0 Å². The number of rotatable bonds is 5. The Kier molecular flexibility index (Phi) is 3.93. The fraction of sp³-hybridized carbons (Fsp3) is 0.833. The zero-order chi connectivity index (χ0) is 11.4. The molecule has 1 N–H and O–H groups in total. The second kappa shape index (κ2) is 5.43. The lowest BCUT2D eigenvalue weighted by atomic mass is 10.1. The second-order valence-corrected chi connectivity index (χ2v) is 4.77. The summed E-state index contributed by atoms with van der Waals surface area (Å²) in [6.45, 7) is 6.30. The smallest absolute Gasteiger partial charge is 0.227 e. The van der Waals surface area contributed by atoms with Crippen LogP contribution in [0.1, 0.15) is 50.7 Å². The van der Waals surface area contributed by atoms with Crippen LogP contribution in [0.2, 0.25) is 0 Å². The number of nitrogens with zero attached hydrogens (tertiary/aromatic N) is 2. The van der Waals surface area contributed by atoms with Crippen LogP contribution in [0.25, 0.3) is 0 Å². The summed E-state index contributed by atoms with van der Waals surface area (Å²) in [6, 6.07) is 0. The van der Waals surface area contributed by atoms with Gasteiger partial charge in [0.05, 0.1) is 0 Å². The van der Waals surface area contributed by atoms with E-state index >= 15 is 0 Å². The second-order valence-electron chi connectivity index (χ2n) is 4.77. The van der Waals surface area contributed by atoms with E-state index in [-0.39, 0.29) is 0 Å². The van der Waals surface area contributed by atoms with Gasteiger partial charge in [0.25, 0.3) is 0 Å². The normalized spacial score (nSPS) is 25.1. The quantitative estimate of drug-likeness (QED) is 0.777. The number of nitrogens with one attached hydrogen (secondary N) is 1. The Morgan fingerprint density at radius 2 is 2.31 bits per heavy atom. The van der Waals surface area contributed by atoms with Crippen LogP contribution in [0.4, 0.5) is 0 Å². The standard InChI is InChI=1S/C12H21N3O/c1-3-13-7-6-11-14-12(15-16-11)10-5-4-9(2)8-10/h9-10,13H,3-8H2,1-2H3. The SMILES string of the molecule is CCNCCc1nc(C2CCC(C)C2)no1. The first kappa shape index (κ1) is 11.6. The highest BCUT2D eigenvalue weighted by Gasteiger charge is 2.26. The van der Waals surface area contributed by atoms with E-state index in [1.165, 1.54) is 19.3 Å². The maximum Gasteiger partial charge on any atom is 0.227 e. The molecule has 0 spiro atoms. The van der Waals surface area contributed by atoms with Gasteiger partial charge in [-0.25, -0.2) is 0 Å². The molecular weight excluding hydrogens is 202 g/mol. The van der Waals surface area contributed by atoms with E-state index in [2.05, 4.69) is 29.3 Å². The van der Waals surface area contributed by atoms with E-state index in [4.69, 9.17) is 4.52 Å². The van der Waals surface area contributed by atoms with Crippen LogP contribution in [0.5, 0.6) is 0 Å². The van der Waals surface area contributed by atoms with Crippen LogP contribution in [-0.4, -0.2) is 23.2 Å². The molecule has 1 aromatic rings. The highest BCUT2D eigenvalue weighted by molar-refractivity contribution is 4.99. The van der Waals surface area contributed by atoms with Gasteiger partial charge in [0.2, 0.25) is 5.89 Å². The molecular formula is C12H21N3O. The summed E-state index contributed by atoms with van der Waals surface area (Å²) in [5.74, 6) is 3.05. The zero-order valence-electron chi connectivity index (χ0n) is 10.2. The highest BCUT2D eigenvalue weighted by atomic mass is 16.5. The largest absolute Gasteiger partial charge is 0.339 e. The lowest BCUT2D eigenvalue weighted by Gasteiger charge is -2.01. The molecule has 2 rings (SSSR count). The minimum absolute atomic E-state index is 0.534. The molecule has 4 heteroatoms. The van der Waals surface area contributed by atoms with E-state index in [1.807, 2.05) is 0 Å². The molecule has 1 saturated carbocycles. The van der Waals surface area contributed by atoms with Crippen LogP contribution in [0, 0.1) is 5.92 Å². The van der Waals surface area contributed by atoms with Crippen molar-refractivity contribution in [3.63, 3.8) is 0 Å². The first-order valence-corrected chi connectivity index (χ1v) is 6.32. The third-order valence-corrected chi connectivity index (χ3v) is 3.31. The van der Waals surface area contributed by atoms with Crippen LogP contribution in [-0.2, 0) is 6.42 Å². The van der Waals surface area contributed by atoms with Gasteiger partial charge in [-0.3, -0.25) is 0 Å². The fourth-order valence-corrected chi connectivity index (χ4v) is 2.35. The summed E-state index contributed by atoms with van der Waals surface area (Å²) in [7, 11) is 0. The monoisotopic (exact) mass is 223 g/mol. The molecule has 0 aromatic carbocycles. The van der Waals surface area contributed by atoms with Crippen molar-refractivity contribution in [3.05, 3.63) is 11.7 Å². The van der Waals surface area contributed by atoms with Gasteiger partial charge in [-0.15, -0.1) is 0 Å². The van der Waals surface area contributed by atoms with Crippen molar-refractivity contribution in [3.8, 4) is 0 Å². The van der Waals surface area contributed by atoms with Gasteiger partial charge < -0.3 is 9.84 Å². The molecule has 16 heavy (non-hydrogen) atoms. The predicted octanol–water partition coefficient (Wildman–Crippen LogP) is 2.13. The van der Waals surface area contributed by atoms with Crippen LogP contribution in [0.3, 0.4) is 0 Å². The average molecular weight is 223 g/mol. The van der Waals surface area contributed by atoms with Crippen molar-refractivity contribution >= 4 is 0 Å². The molecule has 1 aliphatic carbocycles. The Bertz CT molecular complexity index is 324. The van der Waals surface area contributed by atoms with E-state index in [0.29, 0.717) is 5.92 Å². The van der Waals surface area contributed by atoms with Gasteiger partial charge in [0, 0.05) is 18.9 Å². The third-order valence-electron chi connectivity index (χ3n) is 3.31. The molecule has 4 nitrogen and oxygen atoms in total. The van der Waals surface area contributed by atoms with Gasteiger partial charge in [-0.05, 0) is 31.7 Å². The van der Waals surface area contributed by atoms with Gasteiger partial charge in [-0.2, -0.15) is 4.98 Å². The summed E-state index contributed by atoms with van der Waals surface area (Å²) in [6.07, 6.45) is 4.56. The van der Waals surface area contributed by atoms with Crippen molar-refractivity contribution in [2.24, 2.45) is 5.92 Å². The topological polar surface area (TPSA) is 51.0 Å². The maximum atomic E-state index is 5.26. The number of hydrogen-bond donors (Lipinski definition) is 1. The Hall–Kier alpha value is -0.900. The summed E-state index contributed by atoms with van der Waals surface area (Å²) in [4.78, 5) is 4.48. The first-order chi connectivity index (χ1) is 7.79. The van der Waals surface area contributed by atoms with Crippen molar-refractivity contribution in [2.45, 2.75) is 45.4 Å². The number of aromatic nitrogens is 2. The van der Waals surface area contributed by atoms with Crippen molar-refractivity contribution < 1.29 is 4.52 Å². The molecule has 0 saturated heterocycles. The molecule has 0 bridgehead atoms. The van der Waals surface area contributed by atoms with Crippen LogP contribution in [0.15, 0.2) is 4.52 Å². The molecule has 1 aliphatic rings. The van der Waals surface area contributed by atoms with Gasteiger partial charge in [0.15, 0.2) is 5.82 Å². The third kappa shape index (κ3) is 2.82. The number of hydrogen-bond acceptors (Lipinski definition) is 4. The molecule has 2 atom stereocenters. The van der Waals surface area contributed by atoms with E-state index in [0.717, 1.165) is 37.1 Å². The maximum absolute atomic E-state index is 5.26. The zero-order valence-corrected chi connectivity index (χ0v) is 10.2. The van der Waals surface area contributed by atoms with Crippen molar-refractivity contribution in [2.75, 3.05) is 13.1 Å². The Morgan fingerprint density at radius 3 is 3.00 bits per heavy atom. The van der Waals surface area contributed by atoms with Crippen molar-refractivity contribution in [1.29, 1.82) is 0 Å². The molecule has 1 aromatic heterocycles. The summed E-state index contributed by atoms with van der Waals surface area (Å²) in [5.41, 5.74) is 0. The van der Waals surface area contributed by atoms with Crippen molar-refractivity contribution in [1.82, 2.24) is 15.5 Å². The van der Waals surface area contributed by atoms with E-state index < -0.39 is 0 Å². The molecule has 2 unspecified atom stereocenters. The van der Waals surface area contributed by atoms with Crippen LogP contribution < -0.4 is 5.32 Å². The first-order valence-electron chi connectivity index (χ1n) is 6.32. The molecule has 0 amide bonds. The fourth-order valence-electron chi connectivity index (χ4n) is 2.35. The summed E-state index contributed by atoms with van der Waals surface area (Å²) in [5, 5.41) is 7.35. The molecule has 0 aliphatic heterocycles. The lowest BCUT2D eigenvalue weighted by Crippen LogP contribution is -2.16. The van der Waals surface area contributed by atoms with E-state index in [9.17, 15) is 0 Å². The average Bonchev–Trinajstić information content (AvgIpc) is 2.87. The Labute approximate surface area is 96.8 Å². The Morgan fingerprint density at radius 1 is 1.44 bits per heavy atom. The lowest BCUT2D eigenvalue weighted by molar-refractivity contribution is 0.367. The minimum Gasteiger partial charge on any atom is -0.339 e. The van der Waals surface area contributed by atoms with Gasteiger partial charge in [0.1, 0.15) is 0 Å². The predicted molar refractivity (Wildman–Crippen MR) is 62.3 cm³/mol. The molecule has 90 valence electrons. The van der Waals surface area contributed by atoms with Gasteiger partial charge in [-0.1, -0.05) is 19.0 Å². The molecule has 1 fully saturated rings. The van der Waals surface area contributed by atoms with Gasteiger partial charge >= 0.3 is 0 Å². The summed E-state index contributed by atoms with van der Waals surface area (Å²) >= 11 is 0.